The molecule has 9 heteroatoms. The van der Waals surface area contributed by atoms with Gasteiger partial charge in [0.1, 0.15) is 5.69 Å². The molecule has 0 unspecified atom stereocenters. The Morgan fingerprint density at radius 2 is 2.00 bits per heavy atom. The van der Waals surface area contributed by atoms with Gasteiger partial charge < -0.3 is 0 Å². The summed E-state index contributed by atoms with van der Waals surface area (Å²) in [7, 11) is 0. The molecule has 0 aliphatic carbocycles. The maximum atomic E-state index is 11.9. The number of nitrogens with one attached hydrogen (secondary N) is 1. The third-order valence-electron chi connectivity index (χ3n) is 2.40. The van der Waals surface area contributed by atoms with E-state index < -0.39 is 5.56 Å². The van der Waals surface area contributed by atoms with E-state index in [-0.39, 0.29) is 15.5 Å². The van der Waals surface area contributed by atoms with E-state index in [1.165, 1.54) is 6.21 Å². The summed E-state index contributed by atoms with van der Waals surface area (Å²) in [6, 6.07) is 3.15. The van der Waals surface area contributed by atoms with E-state index >= 15 is 0 Å². The van der Waals surface area contributed by atoms with Gasteiger partial charge in [0.15, 0.2) is 0 Å². The number of benzene rings is 1. The largest absolute Gasteiger partial charge is 0.296 e. The predicted octanol–water partition coefficient (Wildman–Crippen LogP) is 3.45. The van der Waals surface area contributed by atoms with Crippen LogP contribution in [0.5, 0.6) is 0 Å². The zero-order chi connectivity index (χ0) is 14.9. The number of aryl methyl sites for hydroxylation is 1. The Hall–Kier alpha value is -1.21. The molecular formula is C11H7Cl3N4OS. The number of aromatic amines is 1. The SMILES string of the molecule is Cc1n[nH]c(=S)n(/N=C/c2c(Cl)ccc(Cl)c2Cl)c1=O. The van der Waals surface area contributed by atoms with Crippen molar-refractivity contribution in [3.8, 4) is 0 Å². The van der Waals surface area contributed by atoms with E-state index in [2.05, 4.69) is 15.3 Å². The highest BCUT2D eigenvalue weighted by Crippen LogP contribution is 2.29. The highest BCUT2D eigenvalue weighted by Gasteiger charge is 2.08. The number of aromatic nitrogens is 3. The summed E-state index contributed by atoms with van der Waals surface area (Å²) >= 11 is 22.9. The van der Waals surface area contributed by atoms with Crippen LogP contribution in [0.15, 0.2) is 22.0 Å². The van der Waals surface area contributed by atoms with E-state index in [4.69, 9.17) is 47.0 Å². The molecule has 104 valence electrons. The Bertz CT molecular complexity index is 812. The van der Waals surface area contributed by atoms with E-state index in [9.17, 15) is 4.79 Å². The van der Waals surface area contributed by atoms with Crippen molar-refractivity contribution in [2.24, 2.45) is 5.10 Å². The fourth-order valence-corrected chi connectivity index (χ4v) is 2.16. The lowest BCUT2D eigenvalue weighted by Crippen LogP contribution is -2.22. The summed E-state index contributed by atoms with van der Waals surface area (Å²) < 4.78 is 1.05. The summed E-state index contributed by atoms with van der Waals surface area (Å²) in [5, 5.41) is 11.2. The molecule has 0 aliphatic rings. The van der Waals surface area contributed by atoms with Gasteiger partial charge in [-0.1, -0.05) is 34.8 Å². The van der Waals surface area contributed by atoms with Crippen LogP contribution >= 0.6 is 47.0 Å². The first-order valence-corrected chi connectivity index (χ1v) is 6.82. The molecule has 0 fully saturated rings. The van der Waals surface area contributed by atoms with Crippen molar-refractivity contribution in [3.63, 3.8) is 0 Å². The van der Waals surface area contributed by atoms with Crippen molar-refractivity contribution in [3.05, 3.63) is 53.6 Å². The molecule has 5 nitrogen and oxygen atoms in total. The average molecular weight is 350 g/mol. The molecule has 0 atom stereocenters. The van der Waals surface area contributed by atoms with E-state index in [1.807, 2.05) is 0 Å². The highest BCUT2D eigenvalue weighted by molar-refractivity contribution is 7.71. The van der Waals surface area contributed by atoms with Crippen LogP contribution in [0.3, 0.4) is 0 Å². The van der Waals surface area contributed by atoms with E-state index in [1.54, 1.807) is 19.1 Å². The molecule has 0 saturated heterocycles. The first-order chi connectivity index (χ1) is 9.41. The molecule has 2 rings (SSSR count). The quantitative estimate of drug-likeness (QED) is 0.513. The average Bonchev–Trinajstić information content (AvgIpc) is 2.42. The summed E-state index contributed by atoms with van der Waals surface area (Å²) in [6.45, 7) is 1.54. The number of rotatable bonds is 2. The first-order valence-electron chi connectivity index (χ1n) is 5.28. The number of nitrogens with zero attached hydrogens (tertiary/aromatic N) is 3. The van der Waals surface area contributed by atoms with Gasteiger partial charge in [-0.05, 0) is 31.3 Å². The lowest BCUT2D eigenvalue weighted by molar-refractivity contribution is 0.720. The number of hydrogen-bond acceptors (Lipinski definition) is 4. The van der Waals surface area contributed by atoms with Gasteiger partial charge in [-0.25, -0.2) is 0 Å². The molecule has 0 amide bonds. The molecule has 0 radical (unpaired) electrons. The monoisotopic (exact) mass is 348 g/mol. The lowest BCUT2D eigenvalue weighted by Gasteiger charge is -2.03. The van der Waals surface area contributed by atoms with Crippen LogP contribution in [0.4, 0.5) is 0 Å². The first kappa shape index (κ1) is 15.2. The van der Waals surface area contributed by atoms with Gasteiger partial charge in [0.25, 0.3) is 5.56 Å². The zero-order valence-corrected chi connectivity index (χ0v) is 13.1. The van der Waals surface area contributed by atoms with Gasteiger partial charge in [-0.2, -0.15) is 14.9 Å². The zero-order valence-electron chi connectivity index (χ0n) is 10.0. The molecule has 0 saturated carbocycles. The third-order valence-corrected chi connectivity index (χ3v) is 3.81. The minimum Gasteiger partial charge on any atom is -0.265 e. The molecule has 2 aromatic rings. The van der Waals surface area contributed by atoms with Crippen LogP contribution in [-0.2, 0) is 0 Å². The Morgan fingerprint density at radius 1 is 1.35 bits per heavy atom. The summed E-state index contributed by atoms with van der Waals surface area (Å²) in [6.07, 6.45) is 1.32. The minimum atomic E-state index is -0.431. The van der Waals surface area contributed by atoms with Crippen molar-refractivity contribution >= 4 is 53.2 Å². The van der Waals surface area contributed by atoms with Gasteiger partial charge >= 0.3 is 0 Å². The molecule has 1 aromatic carbocycles. The summed E-state index contributed by atoms with van der Waals surface area (Å²) in [5.41, 5.74) is 0.204. The second-order valence-corrected chi connectivity index (χ2v) is 5.31. The van der Waals surface area contributed by atoms with Gasteiger partial charge in [0, 0.05) is 5.56 Å². The maximum Gasteiger partial charge on any atom is 0.296 e. The Labute approximate surface area is 133 Å². The van der Waals surface area contributed by atoms with Crippen molar-refractivity contribution in [2.75, 3.05) is 0 Å². The van der Waals surface area contributed by atoms with E-state index in [0.29, 0.717) is 15.6 Å². The molecule has 20 heavy (non-hydrogen) atoms. The number of H-pyrrole nitrogens is 1. The van der Waals surface area contributed by atoms with Gasteiger partial charge in [-0.3, -0.25) is 9.89 Å². The highest BCUT2D eigenvalue weighted by atomic mass is 35.5. The Kier molecular flexibility index (Phi) is 4.59. The lowest BCUT2D eigenvalue weighted by atomic mass is 10.2. The molecule has 1 N–H and O–H groups in total. The van der Waals surface area contributed by atoms with Crippen LogP contribution in [-0.4, -0.2) is 21.1 Å². The molecule has 0 spiro atoms. The molecular weight excluding hydrogens is 343 g/mol. The van der Waals surface area contributed by atoms with Crippen LogP contribution in [0, 0.1) is 11.7 Å². The van der Waals surface area contributed by atoms with Gasteiger partial charge in [0.2, 0.25) is 4.77 Å². The molecule has 0 bridgehead atoms. The van der Waals surface area contributed by atoms with E-state index in [0.717, 1.165) is 4.68 Å². The van der Waals surface area contributed by atoms with Crippen molar-refractivity contribution < 1.29 is 0 Å². The van der Waals surface area contributed by atoms with Crippen molar-refractivity contribution in [2.45, 2.75) is 6.92 Å². The van der Waals surface area contributed by atoms with Crippen molar-refractivity contribution in [1.29, 1.82) is 0 Å². The summed E-state index contributed by atoms with van der Waals surface area (Å²) in [5.74, 6) is 0. The van der Waals surface area contributed by atoms with Crippen LogP contribution in [0.25, 0.3) is 0 Å². The maximum absolute atomic E-state index is 11.9. The molecule has 1 aromatic heterocycles. The Morgan fingerprint density at radius 3 is 2.70 bits per heavy atom. The summed E-state index contributed by atoms with van der Waals surface area (Å²) in [4.78, 5) is 11.9. The normalized spacial score (nSPS) is 11.2. The van der Waals surface area contributed by atoms with Gasteiger partial charge in [-0.15, -0.1) is 0 Å². The minimum absolute atomic E-state index is 0.0612. The molecule has 0 aliphatic heterocycles. The number of halogens is 3. The molecule has 1 heterocycles. The van der Waals surface area contributed by atoms with Crippen molar-refractivity contribution in [1.82, 2.24) is 14.9 Å². The second-order valence-electron chi connectivity index (χ2n) is 3.73. The smallest absolute Gasteiger partial charge is 0.265 e. The Balaban J connectivity index is 2.57. The third kappa shape index (κ3) is 2.93. The van der Waals surface area contributed by atoms with Gasteiger partial charge in [0.05, 0.1) is 21.3 Å². The topological polar surface area (TPSA) is 63.0 Å². The van der Waals surface area contributed by atoms with Crippen LogP contribution < -0.4 is 5.56 Å². The standard InChI is InChI=1S/C11H7Cl3N4OS/c1-5-10(19)18(11(20)17-16-5)15-4-6-7(12)2-3-8(13)9(6)14/h2-4H,1H3,(H,17,20)/b15-4+. The number of hydrogen-bond donors (Lipinski definition) is 1. The predicted molar refractivity (Wildman–Crippen MR) is 82.9 cm³/mol. The van der Waals surface area contributed by atoms with Crippen LogP contribution in [0.1, 0.15) is 11.3 Å². The second kappa shape index (κ2) is 6.05. The fraction of sp³-hybridized carbons (Fsp3) is 0.0909. The fourth-order valence-electron chi connectivity index (χ4n) is 1.35. The van der Waals surface area contributed by atoms with Crippen LogP contribution in [0.2, 0.25) is 15.1 Å².